The number of hydrogen-bond donors (Lipinski definition) is 2. The van der Waals surface area contributed by atoms with Crippen LogP contribution < -0.4 is 11.1 Å². The van der Waals surface area contributed by atoms with Crippen molar-refractivity contribution >= 4 is 17.7 Å². The number of hydrogen-bond acceptors (Lipinski definition) is 4. The summed E-state index contributed by atoms with van der Waals surface area (Å²) < 4.78 is 0. The summed E-state index contributed by atoms with van der Waals surface area (Å²) in [5.74, 6) is -0.619. The molecule has 0 radical (unpaired) electrons. The molecule has 23 heavy (non-hydrogen) atoms. The Morgan fingerprint density at radius 3 is 2.35 bits per heavy atom. The van der Waals surface area contributed by atoms with E-state index in [-0.39, 0.29) is 17.7 Å². The summed E-state index contributed by atoms with van der Waals surface area (Å²) in [6.07, 6.45) is 2.88. The van der Waals surface area contributed by atoms with Crippen molar-refractivity contribution in [2.75, 3.05) is 13.1 Å². The zero-order chi connectivity index (χ0) is 16.8. The molecule has 0 spiro atoms. The van der Waals surface area contributed by atoms with Gasteiger partial charge in [-0.15, -0.1) is 0 Å². The molecule has 1 aliphatic rings. The first-order valence-corrected chi connectivity index (χ1v) is 8.04. The number of benzene rings is 1. The number of carbonyl (C=O) groups is 3. The molecule has 1 heterocycles. The highest BCUT2D eigenvalue weighted by molar-refractivity contribution is 6.21. The Hall–Kier alpha value is -2.21. The first-order chi connectivity index (χ1) is 11.1. The number of nitrogens with one attached hydrogen (secondary N) is 1. The molecule has 6 heteroatoms. The van der Waals surface area contributed by atoms with E-state index >= 15 is 0 Å². The summed E-state index contributed by atoms with van der Waals surface area (Å²) in [4.78, 5) is 37.2. The number of carbonyl (C=O) groups excluding carboxylic acids is 3. The molecular weight excluding hydrogens is 294 g/mol. The molecule has 0 bridgehead atoms. The summed E-state index contributed by atoms with van der Waals surface area (Å²) in [5.41, 5.74) is 6.66. The van der Waals surface area contributed by atoms with Crippen LogP contribution in [-0.4, -0.2) is 41.8 Å². The van der Waals surface area contributed by atoms with Crippen LogP contribution in [0.2, 0.25) is 0 Å². The number of amides is 3. The van der Waals surface area contributed by atoms with E-state index in [1.54, 1.807) is 24.3 Å². The molecule has 1 aromatic carbocycles. The van der Waals surface area contributed by atoms with Crippen LogP contribution in [0.3, 0.4) is 0 Å². The summed E-state index contributed by atoms with van der Waals surface area (Å²) in [6.45, 7) is 2.85. The second-order valence-corrected chi connectivity index (χ2v) is 5.70. The highest BCUT2D eigenvalue weighted by Gasteiger charge is 2.34. The van der Waals surface area contributed by atoms with Gasteiger partial charge in [0.2, 0.25) is 5.91 Å². The minimum Gasteiger partial charge on any atom is -0.355 e. The lowest BCUT2D eigenvalue weighted by molar-refractivity contribution is -0.122. The molecule has 0 aliphatic carbocycles. The SMILES string of the molecule is CCCC(N)C(=O)NCCCCN1C(=O)c2ccccc2C1=O. The highest BCUT2D eigenvalue weighted by atomic mass is 16.2. The fourth-order valence-electron chi connectivity index (χ4n) is 2.62. The van der Waals surface area contributed by atoms with Crippen molar-refractivity contribution in [3.63, 3.8) is 0 Å². The van der Waals surface area contributed by atoms with Gasteiger partial charge in [-0.3, -0.25) is 19.3 Å². The molecule has 0 saturated heterocycles. The van der Waals surface area contributed by atoms with E-state index in [1.165, 1.54) is 4.90 Å². The van der Waals surface area contributed by atoms with Crippen molar-refractivity contribution in [3.8, 4) is 0 Å². The Kier molecular flexibility index (Phi) is 5.87. The van der Waals surface area contributed by atoms with Crippen LogP contribution in [0, 0.1) is 0 Å². The zero-order valence-electron chi connectivity index (χ0n) is 13.4. The van der Waals surface area contributed by atoms with Gasteiger partial charge in [0, 0.05) is 13.1 Å². The van der Waals surface area contributed by atoms with Crippen molar-refractivity contribution in [1.29, 1.82) is 0 Å². The number of nitrogens with zero attached hydrogens (tertiary/aromatic N) is 1. The van der Waals surface area contributed by atoms with Crippen LogP contribution in [0.15, 0.2) is 24.3 Å². The number of imide groups is 1. The molecule has 1 aromatic rings. The maximum Gasteiger partial charge on any atom is 0.261 e. The fraction of sp³-hybridized carbons (Fsp3) is 0.471. The molecule has 6 nitrogen and oxygen atoms in total. The van der Waals surface area contributed by atoms with E-state index in [0.29, 0.717) is 43.5 Å². The van der Waals surface area contributed by atoms with Crippen molar-refractivity contribution in [2.24, 2.45) is 5.73 Å². The van der Waals surface area contributed by atoms with Crippen molar-refractivity contribution in [3.05, 3.63) is 35.4 Å². The van der Waals surface area contributed by atoms with Crippen LogP contribution in [-0.2, 0) is 4.79 Å². The second-order valence-electron chi connectivity index (χ2n) is 5.70. The third-order valence-electron chi connectivity index (χ3n) is 3.92. The minimum atomic E-state index is -0.462. The quantitative estimate of drug-likeness (QED) is 0.558. The van der Waals surface area contributed by atoms with Gasteiger partial charge in [-0.2, -0.15) is 0 Å². The molecule has 3 amide bonds. The molecule has 0 fully saturated rings. The maximum atomic E-state index is 12.2. The summed E-state index contributed by atoms with van der Waals surface area (Å²) >= 11 is 0. The number of rotatable bonds is 8. The van der Waals surface area contributed by atoms with Crippen molar-refractivity contribution in [2.45, 2.75) is 38.6 Å². The fourth-order valence-corrected chi connectivity index (χ4v) is 2.62. The van der Waals surface area contributed by atoms with E-state index in [2.05, 4.69) is 5.32 Å². The Morgan fingerprint density at radius 1 is 1.17 bits per heavy atom. The third-order valence-corrected chi connectivity index (χ3v) is 3.92. The van der Waals surface area contributed by atoms with Crippen molar-refractivity contribution < 1.29 is 14.4 Å². The number of unbranched alkanes of at least 4 members (excludes halogenated alkanes) is 1. The largest absolute Gasteiger partial charge is 0.355 e. The molecular formula is C17H23N3O3. The Balaban J connectivity index is 1.73. The smallest absolute Gasteiger partial charge is 0.261 e. The molecule has 124 valence electrons. The van der Waals surface area contributed by atoms with E-state index in [0.717, 1.165) is 6.42 Å². The molecule has 1 unspecified atom stereocenters. The molecule has 1 aliphatic heterocycles. The summed E-state index contributed by atoms with van der Waals surface area (Å²) in [6, 6.07) is 6.39. The van der Waals surface area contributed by atoms with Crippen LogP contribution in [0.1, 0.15) is 53.3 Å². The first-order valence-electron chi connectivity index (χ1n) is 8.04. The van der Waals surface area contributed by atoms with Crippen LogP contribution in [0.4, 0.5) is 0 Å². The Labute approximate surface area is 136 Å². The predicted octanol–water partition coefficient (Wildman–Crippen LogP) is 1.31. The monoisotopic (exact) mass is 317 g/mol. The molecule has 0 saturated carbocycles. The minimum absolute atomic E-state index is 0.146. The van der Waals surface area contributed by atoms with Gasteiger partial charge in [0.15, 0.2) is 0 Å². The van der Waals surface area contributed by atoms with E-state index in [1.807, 2.05) is 6.92 Å². The molecule has 2 rings (SSSR count). The number of fused-ring (bicyclic) bond motifs is 1. The Bertz CT molecular complexity index is 566. The van der Waals surface area contributed by atoms with Crippen molar-refractivity contribution in [1.82, 2.24) is 10.2 Å². The lowest BCUT2D eigenvalue weighted by Crippen LogP contribution is -2.41. The van der Waals surface area contributed by atoms with E-state index < -0.39 is 6.04 Å². The standard InChI is InChI=1S/C17H23N3O3/c1-2-7-14(18)15(21)19-10-5-6-11-20-16(22)12-8-3-4-9-13(12)17(20)23/h3-4,8-9,14H,2,5-7,10-11,18H2,1H3,(H,19,21). The lowest BCUT2D eigenvalue weighted by Gasteiger charge is -2.14. The van der Waals surface area contributed by atoms with Gasteiger partial charge in [-0.1, -0.05) is 25.5 Å². The van der Waals surface area contributed by atoms with Gasteiger partial charge < -0.3 is 11.1 Å². The average Bonchev–Trinajstić information content (AvgIpc) is 2.79. The van der Waals surface area contributed by atoms with Gasteiger partial charge >= 0.3 is 0 Å². The van der Waals surface area contributed by atoms with E-state index in [9.17, 15) is 14.4 Å². The number of nitrogens with two attached hydrogens (primary N) is 1. The van der Waals surface area contributed by atoms with Gasteiger partial charge in [0.05, 0.1) is 17.2 Å². The topological polar surface area (TPSA) is 92.5 Å². The average molecular weight is 317 g/mol. The third kappa shape index (κ3) is 3.96. The van der Waals surface area contributed by atoms with Gasteiger partial charge in [0.25, 0.3) is 11.8 Å². The van der Waals surface area contributed by atoms with Gasteiger partial charge in [-0.05, 0) is 31.4 Å². The van der Waals surface area contributed by atoms with Crippen LogP contribution >= 0.6 is 0 Å². The van der Waals surface area contributed by atoms with Crippen LogP contribution in [0.25, 0.3) is 0 Å². The normalized spacial score (nSPS) is 14.8. The summed E-state index contributed by atoms with van der Waals surface area (Å²) in [7, 11) is 0. The van der Waals surface area contributed by atoms with Gasteiger partial charge in [0.1, 0.15) is 0 Å². The molecule has 1 atom stereocenters. The summed E-state index contributed by atoms with van der Waals surface area (Å²) in [5, 5.41) is 2.78. The molecule has 3 N–H and O–H groups in total. The highest BCUT2D eigenvalue weighted by Crippen LogP contribution is 2.22. The first kappa shape index (κ1) is 17.1. The molecule has 0 aromatic heterocycles. The Morgan fingerprint density at radius 2 is 1.78 bits per heavy atom. The lowest BCUT2D eigenvalue weighted by atomic mass is 10.1. The van der Waals surface area contributed by atoms with E-state index in [4.69, 9.17) is 5.73 Å². The maximum absolute atomic E-state index is 12.2. The van der Waals surface area contributed by atoms with Gasteiger partial charge in [-0.25, -0.2) is 0 Å². The van der Waals surface area contributed by atoms with Crippen LogP contribution in [0.5, 0.6) is 0 Å². The zero-order valence-corrected chi connectivity index (χ0v) is 13.4. The predicted molar refractivity (Wildman–Crippen MR) is 86.9 cm³/mol. The second kappa shape index (κ2) is 7.87.